The van der Waals surface area contributed by atoms with E-state index in [0.29, 0.717) is 0 Å². The lowest BCUT2D eigenvalue weighted by Crippen LogP contribution is -2.33. The molecule has 0 aromatic heterocycles. The Morgan fingerprint density at radius 1 is 0.435 bits per heavy atom. The maximum atomic E-state index is 2.30. The minimum absolute atomic E-state index is 1.20. The summed E-state index contributed by atoms with van der Waals surface area (Å²) in [5.41, 5.74) is 0. The fourth-order valence-corrected chi connectivity index (χ4v) is 3.09. The van der Waals surface area contributed by atoms with E-state index < -0.39 is 0 Å². The van der Waals surface area contributed by atoms with Crippen molar-refractivity contribution >= 4 is 0 Å². The zero-order valence-corrected chi connectivity index (χ0v) is 16.9. The van der Waals surface area contributed by atoms with E-state index in [4.69, 9.17) is 0 Å². The summed E-state index contributed by atoms with van der Waals surface area (Å²) in [5, 5.41) is 4.47. The highest BCUT2D eigenvalue weighted by atomic mass is 15.6. The summed E-state index contributed by atoms with van der Waals surface area (Å²) in [4.78, 5) is 0. The van der Waals surface area contributed by atoms with Crippen LogP contribution in [0.4, 0.5) is 0 Å². The number of rotatable bonds is 18. The summed E-state index contributed by atoms with van der Waals surface area (Å²) < 4.78 is 0. The molecule has 0 radical (unpaired) electrons. The first-order valence-corrected chi connectivity index (χ1v) is 10.6. The van der Waals surface area contributed by atoms with Crippen molar-refractivity contribution in [1.29, 1.82) is 0 Å². The van der Waals surface area contributed by atoms with Crippen LogP contribution in [-0.4, -0.2) is 37.7 Å². The standard InChI is InChI=1S/C21H46N2/c1-5-6-7-8-9-10-11-12-13-14-15-16-17-18-19-20-21-23(4)22(2)3/h5-21H2,1-4H3. The van der Waals surface area contributed by atoms with Gasteiger partial charge in [-0.1, -0.05) is 103 Å². The zero-order valence-electron chi connectivity index (χ0n) is 16.9. The molecule has 0 N–H and O–H groups in total. The molecule has 2 heteroatoms. The maximum Gasteiger partial charge on any atom is 0.0130 e. The molecular weight excluding hydrogens is 280 g/mol. The van der Waals surface area contributed by atoms with Crippen LogP contribution in [0.25, 0.3) is 0 Å². The van der Waals surface area contributed by atoms with Crippen LogP contribution >= 0.6 is 0 Å². The Labute approximate surface area is 148 Å². The van der Waals surface area contributed by atoms with Crippen LogP contribution in [0.3, 0.4) is 0 Å². The van der Waals surface area contributed by atoms with Gasteiger partial charge < -0.3 is 0 Å². The van der Waals surface area contributed by atoms with E-state index >= 15 is 0 Å². The summed E-state index contributed by atoms with van der Waals surface area (Å²) in [5.74, 6) is 0. The Balaban J connectivity index is 3.03. The molecular formula is C21H46N2. The van der Waals surface area contributed by atoms with Gasteiger partial charge in [-0.25, -0.2) is 10.0 Å². The largest absolute Gasteiger partial charge is 0.248 e. The van der Waals surface area contributed by atoms with Crippen LogP contribution < -0.4 is 0 Å². The number of unbranched alkanes of at least 4 members (excludes halogenated alkanes) is 15. The minimum atomic E-state index is 1.20. The van der Waals surface area contributed by atoms with Crippen molar-refractivity contribution < 1.29 is 0 Å². The first-order chi connectivity index (χ1) is 11.2. The topological polar surface area (TPSA) is 6.48 Å². The van der Waals surface area contributed by atoms with Gasteiger partial charge in [-0.05, 0) is 6.42 Å². The molecule has 0 fully saturated rings. The summed E-state index contributed by atoms with van der Waals surface area (Å²) >= 11 is 0. The van der Waals surface area contributed by atoms with Gasteiger partial charge in [0.05, 0.1) is 0 Å². The average molecular weight is 327 g/mol. The third-order valence-corrected chi connectivity index (χ3v) is 5.02. The lowest BCUT2D eigenvalue weighted by atomic mass is 10.0. The van der Waals surface area contributed by atoms with Crippen LogP contribution in [-0.2, 0) is 0 Å². The molecule has 0 bridgehead atoms. The molecule has 0 rings (SSSR count). The lowest BCUT2D eigenvalue weighted by Gasteiger charge is -2.23. The highest BCUT2D eigenvalue weighted by molar-refractivity contribution is 4.51. The molecule has 0 heterocycles. The molecule has 0 aromatic carbocycles. The van der Waals surface area contributed by atoms with Gasteiger partial charge in [-0.3, -0.25) is 0 Å². The molecule has 0 aliphatic heterocycles. The van der Waals surface area contributed by atoms with E-state index in [1.165, 1.54) is 109 Å². The molecule has 0 aromatic rings. The van der Waals surface area contributed by atoms with Gasteiger partial charge in [0.15, 0.2) is 0 Å². The number of nitrogens with zero attached hydrogens (tertiary/aromatic N) is 2. The average Bonchev–Trinajstić information content (AvgIpc) is 2.54. The molecule has 23 heavy (non-hydrogen) atoms. The Morgan fingerprint density at radius 2 is 0.739 bits per heavy atom. The number of hydrazine groups is 1. The lowest BCUT2D eigenvalue weighted by molar-refractivity contribution is 0.0543. The molecule has 0 aliphatic carbocycles. The van der Waals surface area contributed by atoms with Gasteiger partial charge in [-0.2, -0.15) is 0 Å². The molecule has 140 valence electrons. The summed E-state index contributed by atoms with van der Waals surface area (Å²) in [6, 6.07) is 0. The Bertz CT molecular complexity index is 216. The van der Waals surface area contributed by atoms with E-state index in [-0.39, 0.29) is 0 Å². The Hall–Kier alpha value is -0.0800. The van der Waals surface area contributed by atoms with Crippen molar-refractivity contribution in [3.05, 3.63) is 0 Å². The molecule has 0 unspecified atom stereocenters. The third kappa shape index (κ3) is 18.1. The van der Waals surface area contributed by atoms with Gasteiger partial charge >= 0.3 is 0 Å². The summed E-state index contributed by atoms with van der Waals surface area (Å²) in [6.45, 7) is 3.50. The van der Waals surface area contributed by atoms with Gasteiger partial charge in [0.25, 0.3) is 0 Å². The van der Waals surface area contributed by atoms with Crippen molar-refractivity contribution in [3.8, 4) is 0 Å². The number of hydrogen-bond acceptors (Lipinski definition) is 2. The SMILES string of the molecule is CCCCCCCCCCCCCCCCCCN(C)N(C)C. The quantitative estimate of drug-likeness (QED) is 0.205. The van der Waals surface area contributed by atoms with Gasteiger partial charge in [-0.15, -0.1) is 0 Å². The van der Waals surface area contributed by atoms with E-state index in [1.54, 1.807) is 0 Å². The van der Waals surface area contributed by atoms with Crippen molar-refractivity contribution in [1.82, 2.24) is 10.0 Å². The number of hydrogen-bond donors (Lipinski definition) is 0. The molecule has 0 aliphatic rings. The van der Waals surface area contributed by atoms with E-state index in [2.05, 4.69) is 38.1 Å². The van der Waals surface area contributed by atoms with Gasteiger partial charge in [0, 0.05) is 27.7 Å². The fraction of sp³-hybridized carbons (Fsp3) is 1.00. The van der Waals surface area contributed by atoms with Gasteiger partial charge in [0.2, 0.25) is 0 Å². The van der Waals surface area contributed by atoms with Crippen LogP contribution in [0.1, 0.15) is 110 Å². The highest BCUT2D eigenvalue weighted by Gasteiger charge is 1.99. The normalized spacial score (nSPS) is 11.7. The second-order valence-corrected chi connectivity index (χ2v) is 7.53. The molecule has 0 saturated heterocycles. The predicted octanol–water partition coefficient (Wildman–Crippen LogP) is 6.66. The van der Waals surface area contributed by atoms with E-state index in [0.717, 1.165) is 0 Å². The molecule has 0 spiro atoms. The third-order valence-electron chi connectivity index (χ3n) is 5.02. The van der Waals surface area contributed by atoms with Crippen LogP contribution in [0.5, 0.6) is 0 Å². The fourth-order valence-electron chi connectivity index (χ4n) is 3.09. The molecule has 0 amide bonds. The predicted molar refractivity (Wildman–Crippen MR) is 106 cm³/mol. The first-order valence-electron chi connectivity index (χ1n) is 10.6. The smallest absolute Gasteiger partial charge is 0.0130 e. The second kappa shape index (κ2) is 18.3. The van der Waals surface area contributed by atoms with Crippen molar-refractivity contribution in [2.24, 2.45) is 0 Å². The first kappa shape index (κ1) is 22.9. The molecule has 0 saturated carbocycles. The summed E-state index contributed by atoms with van der Waals surface area (Å²) in [7, 11) is 6.41. The Kier molecular flexibility index (Phi) is 18.2. The van der Waals surface area contributed by atoms with Crippen molar-refractivity contribution in [2.45, 2.75) is 110 Å². The van der Waals surface area contributed by atoms with Crippen LogP contribution in [0.2, 0.25) is 0 Å². The van der Waals surface area contributed by atoms with Crippen LogP contribution in [0.15, 0.2) is 0 Å². The summed E-state index contributed by atoms with van der Waals surface area (Å²) in [6.07, 6.45) is 23.1. The van der Waals surface area contributed by atoms with E-state index in [1.807, 2.05) is 0 Å². The maximum absolute atomic E-state index is 2.30. The van der Waals surface area contributed by atoms with Crippen molar-refractivity contribution in [2.75, 3.05) is 27.7 Å². The van der Waals surface area contributed by atoms with Crippen LogP contribution in [0, 0.1) is 0 Å². The molecule has 0 atom stereocenters. The zero-order chi connectivity index (χ0) is 17.2. The minimum Gasteiger partial charge on any atom is -0.248 e. The highest BCUT2D eigenvalue weighted by Crippen LogP contribution is 2.13. The van der Waals surface area contributed by atoms with Crippen molar-refractivity contribution in [3.63, 3.8) is 0 Å². The second-order valence-electron chi connectivity index (χ2n) is 7.53. The Morgan fingerprint density at radius 3 is 1.04 bits per heavy atom. The van der Waals surface area contributed by atoms with E-state index in [9.17, 15) is 0 Å². The monoisotopic (exact) mass is 326 g/mol. The van der Waals surface area contributed by atoms with Gasteiger partial charge in [0.1, 0.15) is 0 Å². The molecule has 2 nitrogen and oxygen atoms in total.